The van der Waals surface area contributed by atoms with Crippen LogP contribution in [0.3, 0.4) is 0 Å². The molecule has 4 aliphatic heterocycles. The molecule has 2 fully saturated rings. The predicted octanol–water partition coefficient (Wildman–Crippen LogP) is 1.90. The number of cyclic esters (lactones) is 1. The third-order valence-corrected chi connectivity index (χ3v) is 8.62. The number of likely N-dealkylation sites (tertiary alicyclic amines) is 1. The Labute approximate surface area is 240 Å². The number of nitrogens with zero attached hydrogens (tertiary/aromatic N) is 2. The number of aliphatic hydroxyl groups is 1. The van der Waals surface area contributed by atoms with E-state index in [1.165, 1.54) is 4.90 Å². The first-order chi connectivity index (χ1) is 19.8. The molecule has 5 rings (SSSR count). The molecular formula is C31H39N3O7. The highest BCUT2D eigenvalue weighted by Crippen LogP contribution is 2.55. The van der Waals surface area contributed by atoms with Gasteiger partial charge in [-0.2, -0.15) is 0 Å². The lowest BCUT2D eigenvalue weighted by Gasteiger charge is -2.37. The normalized spacial score (nSPS) is 33.5. The molecule has 3 amide bonds. The molecule has 1 spiro atoms. The van der Waals surface area contributed by atoms with E-state index in [1.807, 2.05) is 49.4 Å². The Morgan fingerprint density at radius 2 is 1.90 bits per heavy atom. The molecule has 1 aromatic carbocycles. The molecule has 220 valence electrons. The first-order valence-electron chi connectivity index (χ1n) is 14.6. The Morgan fingerprint density at radius 1 is 1.12 bits per heavy atom. The van der Waals surface area contributed by atoms with Gasteiger partial charge in [0.2, 0.25) is 17.7 Å². The number of rotatable bonds is 6. The summed E-state index contributed by atoms with van der Waals surface area (Å²) in [7, 11) is 0. The molecule has 0 radical (unpaired) electrons. The van der Waals surface area contributed by atoms with Crippen LogP contribution in [0.2, 0.25) is 0 Å². The van der Waals surface area contributed by atoms with Crippen molar-refractivity contribution in [1.29, 1.82) is 0 Å². The first-order valence-corrected chi connectivity index (χ1v) is 14.6. The lowest BCUT2D eigenvalue weighted by molar-refractivity contribution is -0.150. The van der Waals surface area contributed by atoms with Gasteiger partial charge in [0.05, 0.1) is 36.6 Å². The van der Waals surface area contributed by atoms with Gasteiger partial charge in [-0.15, -0.1) is 0 Å². The van der Waals surface area contributed by atoms with Crippen molar-refractivity contribution in [2.24, 2.45) is 11.8 Å². The van der Waals surface area contributed by atoms with Crippen LogP contribution in [0, 0.1) is 11.8 Å². The maximum absolute atomic E-state index is 14.3. The highest BCUT2D eigenvalue weighted by atomic mass is 16.5. The Balaban J connectivity index is 1.56. The molecule has 0 saturated carbocycles. The number of carbonyl (C=O) groups is 4. The minimum atomic E-state index is -1.32. The van der Waals surface area contributed by atoms with Crippen LogP contribution < -0.4 is 5.32 Å². The summed E-state index contributed by atoms with van der Waals surface area (Å²) >= 11 is 0. The average Bonchev–Trinajstić information content (AvgIpc) is 3.63. The molecule has 2 N–H and O–H groups in total. The summed E-state index contributed by atoms with van der Waals surface area (Å²) in [5.74, 6) is -3.29. The summed E-state index contributed by atoms with van der Waals surface area (Å²) in [4.78, 5) is 58.0. The lowest BCUT2D eigenvalue weighted by Crippen LogP contribution is -2.58. The second kappa shape index (κ2) is 12.2. The van der Waals surface area contributed by atoms with Crippen molar-refractivity contribution < 1.29 is 33.8 Å². The summed E-state index contributed by atoms with van der Waals surface area (Å²) in [6.45, 7) is 4.12. The van der Waals surface area contributed by atoms with E-state index in [4.69, 9.17) is 9.47 Å². The molecule has 7 atom stereocenters. The second-order valence-electron chi connectivity index (χ2n) is 11.3. The van der Waals surface area contributed by atoms with E-state index in [0.717, 1.165) is 18.4 Å². The third-order valence-electron chi connectivity index (χ3n) is 8.62. The van der Waals surface area contributed by atoms with Crippen molar-refractivity contribution >= 4 is 23.7 Å². The molecule has 41 heavy (non-hydrogen) atoms. The zero-order valence-electron chi connectivity index (χ0n) is 23.6. The lowest BCUT2D eigenvalue weighted by atomic mass is 9.74. The van der Waals surface area contributed by atoms with Gasteiger partial charge in [-0.1, -0.05) is 68.0 Å². The molecule has 4 heterocycles. The molecule has 1 aromatic rings. The van der Waals surface area contributed by atoms with E-state index >= 15 is 0 Å². The van der Waals surface area contributed by atoms with Crippen molar-refractivity contribution in [3.63, 3.8) is 0 Å². The monoisotopic (exact) mass is 565 g/mol. The fraction of sp³-hybridized carbons (Fsp3) is 0.548. The number of aliphatic hydroxyl groups excluding tert-OH is 1. The van der Waals surface area contributed by atoms with Crippen LogP contribution in [-0.4, -0.2) is 88.7 Å². The van der Waals surface area contributed by atoms with Gasteiger partial charge >= 0.3 is 5.97 Å². The number of amides is 3. The topological polar surface area (TPSA) is 125 Å². The maximum Gasteiger partial charge on any atom is 0.306 e. The Kier molecular flexibility index (Phi) is 8.60. The van der Waals surface area contributed by atoms with E-state index in [1.54, 1.807) is 24.0 Å². The van der Waals surface area contributed by atoms with Gasteiger partial charge in [0, 0.05) is 19.5 Å². The van der Waals surface area contributed by atoms with E-state index in [-0.39, 0.29) is 37.4 Å². The molecule has 0 aliphatic carbocycles. The van der Waals surface area contributed by atoms with E-state index < -0.39 is 47.6 Å². The van der Waals surface area contributed by atoms with Crippen LogP contribution in [0.25, 0.3) is 0 Å². The molecule has 0 unspecified atom stereocenters. The highest BCUT2D eigenvalue weighted by Gasteiger charge is 2.73. The summed E-state index contributed by atoms with van der Waals surface area (Å²) in [6.07, 6.45) is 8.81. The second-order valence-corrected chi connectivity index (χ2v) is 11.3. The van der Waals surface area contributed by atoms with Crippen LogP contribution in [0.4, 0.5) is 0 Å². The predicted molar refractivity (Wildman–Crippen MR) is 149 cm³/mol. The first kappa shape index (κ1) is 29.0. The minimum Gasteiger partial charge on any atom is -0.463 e. The van der Waals surface area contributed by atoms with Gasteiger partial charge in [0.15, 0.2) is 0 Å². The van der Waals surface area contributed by atoms with Crippen LogP contribution >= 0.6 is 0 Å². The summed E-state index contributed by atoms with van der Waals surface area (Å²) < 4.78 is 12.0. The van der Waals surface area contributed by atoms with Crippen molar-refractivity contribution in [2.45, 2.75) is 69.4 Å². The SMILES string of the molecule is CCCCN1C/C=C\CCC(=O)OC[C@H](c2ccccc2)NC(=O)[C@@H]2[C@H]3C(=O)N([C@H](C)CO)[C@H](C1=O)[C@]31C=C[C@H]2O1. The number of ether oxygens (including phenoxy) is 2. The number of hydrogen-bond acceptors (Lipinski definition) is 7. The molecule has 10 nitrogen and oxygen atoms in total. The van der Waals surface area contributed by atoms with Crippen molar-refractivity contribution in [2.75, 3.05) is 26.3 Å². The number of benzene rings is 1. The number of esters is 1. The number of carbonyl (C=O) groups excluding carboxylic acids is 4. The zero-order chi connectivity index (χ0) is 29.1. The van der Waals surface area contributed by atoms with Crippen molar-refractivity contribution in [1.82, 2.24) is 15.1 Å². The number of nitrogens with one attached hydrogen (secondary N) is 1. The molecule has 5 bridgehead atoms. The zero-order valence-corrected chi connectivity index (χ0v) is 23.6. The van der Waals surface area contributed by atoms with Crippen LogP contribution in [0.15, 0.2) is 54.6 Å². The molecular weight excluding hydrogens is 526 g/mol. The number of allylic oxidation sites excluding steroid dienone is 1. The summed E-state index contributed by atoms with van der Waals surface area (Å²) in [5, 5.41) is 13.1. The summed E-state index contributed by atoms with van der Waals surface area (Å²) in [6, 6.07) is 6.91. The maximum atomic E-state index is 14.3. The number of unbranched alkanes of at least 4 members (excludes halogenated alkanes) is 1. The van der Waals surface area contributed by atoms with Gasteiger partial charge in [0.25, 0.3) is 0 Å². The van der Waals surface area contributed by atoms with Crippen molar-refractivity contribution in [3.05, 3.63) is 60.2 Å². The van der Waals surface area contributed by atoms with E-state index in [9.17, 15) is 24.3 Å². The quantitative estimate of drug-likeness (QED) is 0.399. The number of hydrogen-bond donors (Lipinski definition) is 2. The average molecular weight is 566 g/mol. The van der Waals surface area contributed by atoms with Crippen LogP contribution in [0.5, 0.6) is 0 Å². The van der Waals surface area contributed by atoms with Gasteiger partial charge in [-0.25, -0.2) is 0 Å². The van der Waals surface area contributed by atoms with E-state index in [0.29, 0.717) is 19.5 Å². The summed E-state index contributed by atoms with van der Waals surface area (Å²) in [5.41, 5.74) is -0.560. The minimum absolute atomic E-state index is 0.0598. The largest absolute Gasteiger partial charge is 0.463 e. The highest BCUT2D eigenvalue weighted by molar-refractivity contribution is 6.00. The molecule has 4 aliphatic rings. The standard InChI is InChI=1S/C31H39N3O7/c1-3-4-16-33-17-10-6-9-13-24(36)40-19-22(21-11-7-5-8-12-21)32-28(37)25-23-14-15-31(41-23)26(25)29(38)34(20(2)18-35)27(31)30(33)39/h5-8,10-12,14-15,20,22-23,25-27,35H,3-4,9,13,16-19H2,1-2H3,(H,32,37)/b10-6-/t20-,22-,23-,25+,26+,27-,31+/m1/s1. The van der Waals surface area contributed by atoms with Crippen LogP contribution in [0.1, 0.15) is 51.1 Å². The Morgan fingerprint density at radius 3 is 2.63 bits per heavy atom. The van der Waals surface area contributed by atoms with Gasteiger partial charge in [-0.05, 0) is 25.3 Å². The van der Waals surface area contributed by atoms with Crippen molar-refractivity contribution in [3.8, 4) is 0 Å². The Hall–Kier alpha value is -3.50. The molecule has 2 saturated heterocycles. The van der Waals surface area contributed by atoms with Gasteiger partial charge < -0.3 is 29.7 Å². The van der Waals surface area contributed by atoms with Gasteiger partial charge in [-0.3, -0.25) is 19.2 Å². The Bertz CT molecular complexity index is 1220. The van der Waals surface area contributed by atoms with Crippen LogP contribution in [-0.2, 0) is 28.7 Å². The number of fused-ring (bicyclic) bond motifs is 2. The fourth-order valence-electron chi connectivity index (χ4n) is 6.51. The smallest absolute Gasteiger partial charge is 0.306 e. The van der Waals surface area contributed by atoms with Gasteiger partial charge in [0.1, 0.15) is 18.2 Å². The molecule has 0 aromatic heterocycles. The fourth-order valence-corrected chi connectivity index (χ4v) is 6.51. The van der Waals surface area contributed by atoms with E-state index in [2.05, 4.69) is 5.32 Å². The third kappa shape index (κ3) is 5.30. The molecule has 10 heteroatoms.